The molecule has 0 bridgehead atoms. The van der Waals surface area contributed by atoms with Gasteiger partial charge < -0.3 is 15.0 Å². The van der Waals surface area contributed by atoms with E-state index in [0.29, 0.717) is 10.8 Å². The maximum atomic E-state index is 14.2. The number of amides is 2. The molecule has 0 spiro atoms. The number of hydrogen-bond donors (Lipinski definition) is 1. The van der Waals surface area contributed by atoms with E-state index in [1.165, 1.54) is 4.90 Å². The van der Waals surface area contributed by atoms with Crippen LogP contribution in [-0.2, 0) is 45.7 Å². The van der Waals surface area contributed by atoms with Crippen molar-refractivity contribution in [1.29, 1.82) is 0 Å². The van der Waals surface area contributed by atoms with Crippen LogP contribution in [0.3, 0.4) is 0 Å². The van der Waals surface area contributed by atoms with Gasteiger partial charge in [-0.1, -0.05) is 96.5 Å². The summed E-state index contributed by atoms with van der Waals surface area (Å²) in [6, 6.07) is 31.9. The summed E-state index contributed by atoms with van der Waals surface area (Å²) in [5.74, 6) is -0.205. The molecule has 0 saturated heterocycles. The monoisotopic (exact) mass is 633 g/mol. The zero-order chi connectivity index (χ0) is 31.5. The summed E-state index contributed by atoms with van der Waals surface area (Å²) in [5, 5.41) is 3.56. The highest BCUT2D eigenvalue weighted by molar-refractivity contribution is 7.88. The fraction of sp³-hybridized carbons (Fsp3) is 0.235. The van der Waals surface area contributed by atoms with Crippen molar-refractivity contribution in [3.8, 4) is 5.75 Å². The predicted octanol–water partition coefficient (Wildman–Crippen LogP) is 5.07. The number of halogens is 1. The molecule has 2 amide bonds. The summed E-state index contributed by atoms with van der Waals surface area (Å²) in [5.41, 5.74) is 3.21. The average molecular weight is 634 g/mol. The van der Waals surface area contributed by atoms with Crippen molar-refractivity contribution in [3.05, 3.63) is 136 Å². The minimum atomic E-state index is -3.77. The summed E-state index contributed by atoms with van der Waals surface area (Å²) in [6.07, 6.45) is 1.31. The number of carbonyl (C=O) groups excluding carboxylic acids is 2. The predicted molar refractivity (Wildman–Crippen MR) is 172 cm³/mol. The Morgan fingerprint density at radius 3 is 1.89 bits per heavy atom. The standard InChI is InChI=1S/C34H36ClN3O5S/c1-43-31-19-15-29(16-20-31)24-38(33(39)25-37(44(2,41)42)23-28-11-7-4-8-12-28)32(21-26-9-5-3-6-10-26)34(40)36-22-27-13-17-30(35)18-14-27/h3-20,32H,21-25H2,1-2H3,(H,36,40). The fourth-order valence-corrected chi connectivity index (χ4v) is 5.56. The summed E-state index contributed by atoms with van der Waals surface area (Å²) in [7, 11) is -2.20. The summed E-state index contributed by atoms with van der Waals surface area (Å²) in [6.45, 7) is -0.0967. The van der Waals surface area contributed by atoms with Gasteiger partial charge in [-0.05, 0) is 46.5 Å². The van der Waals surface area contributed by atoms with Gasteiger partial charge in [-0.15, -0.1) is 0 Å². The highest BCUT2D eigenvalue weighted by Gasteiger charge is 2.33. The van der Waals surface area contributed by atoms with E-state index in [0.717, 1.165) is 32.8 Å². The Hall–Kier alpha value is -4.18. The lowest BCUT2D eigenvalue weighted by Crippen LogP contribution is -2.53. The number of nitrogens with zero attached hydrogens (tertiary/aromatic N) is 2. The largest absolute Gasteiger partial charge is 0.497 e. The Morgan fingerprint density at radius 1 is 0.773 bits per heavy atom. The molecule has 4 aromatic carbocycles. The molecule has 0 heterocycles. The number of benzene rings is 4. The van der Waals surface area contributed by atoms with E-state index < -0.39 is 28.5 Å². The van der Waals surface area contributed by atoms with Crippen LogP contribution >= 0.6 is 11.6 Å². The summed E-state index contributed by atoms with van der Waals surface area (Å²) in [4.78, 5) is 29.5. The number of nitrogens with one attached hydrogen (secondary N) is 1. The molecule has 1 N–H and O–H groups in total. The molecule has 0 radical (unpaired) electrons. The Morgan fingerprint density at radius 2 is 1.32 bits per heavy atom. The van der Waals surface area contributed by atoms with Gasteiger partial charge >= 0.3 is 0 Å². The number of hydrogen-bond acceptors (Lipinski definition) is 5. The first kappa shape index (κ1) is 32.7. The Bertz CT molecular complexity index is 1620. The third kappa shape index (κ3) is 9.67. The van der Waals surface area contributed by atoms with E-state index in [1.807, 2.05) is 72.8 Å². The molecule has 0 aliphatic rings. The second kappa shape index (κ2) is 15.5. The Kier molecular flexibility index (Phi) is 11.5. The van der Waals surface area contributed by atoms with E-state index in [9.17, 15) is 18.0 Å². The van der Waals surface area contributed by atoms with Crippen LogP contribution in [0.1, 0.15) is 22.3 Å². The first-order valence-corrected chi connectivity index (χ1v) is 16.3. The minimum absolute atomic E-state index is 0.0217. The molecular weight excluding hydrogens is 598 g/mol. The fourth-order valence-electron chi connectivity index (χ4n) is 4.71. The molecule has 230 valence electrons. The molecule has 1 atom stereocenters. The third-order valence-electron chi connectivity index (χ3n) is 7.15. The molecule has 0 saturated carbocycles. The number of rotatable bonds is 14. The highest BCUT2D eigenvalue weighted by atomic mass is 35.5. The van der Waals surface area contributed by atoms with Crippen LogP contribution in [0.4, 0.5) is 0 Å². The van der Waals surface area contributed by atoms with Gasteiger partial charge in [0.15, 0.2) is 0 Å². The molecule has 0 aliphatic carbocycles. The first-order chi connectivity index (χ1) is 21.1. The van der Waals surface area contributed by atoms with Crippen molar-refractivity contribution < 1.29 is 22.7 Å². The molecule has 0 fully saturated rings. The SMILES string of the molecule is COc1ccc(CN(C(=O)CN(Cc2ccccc2)S(C)(=O)=O)C(Cc2ccccc2)C(=O)NCc2ccc(Cl)cc2)cc1. The third-order valence-corrected chi connectivity index (χ3v) is 8.59. The molecule has 10 heteroatoms. The van der Waals surface area contributed by atoms with Gasteiger partial charge in [-0.3, -0.25) is 9.59 Å². The molecule has 0 aromatic heterocycles. The molecule has 4 rings (SSSR count). The van der Waals surface area contributed by atoms with Crippen LogP contribution < -0.4 is 10.1 Å². The average Bonchev–Trinajstić information content (AvgIpc) is 3.02. The van der Waals surface area contributed by atoms with Crippen LogP contribution in [0.15, 0.2) is 109 Å². The summed E-state index contributed by atoms with van der Waals surface area (Å²) >= 11 is 6.03. The molecule has 4 aromatic rings. The molecule has 0 aliphatic heterocycles. The second-order valence-corrected chi connectivity index (χ2v) is 12.9. The van der Waals surface area contributed by atoms with Crippen molar-refractivity contribution in [1.82, 2.24) is 14.5 Å². The van der Waals surface area contributed by atoms with Crippen molar-refractivity contribution >= 4 is 33.4 Å². The van der Waals surface area contributed by atoms with Crippen LogP contribution in [-0.4, -0.2) is 55.4 Å². The second-order valence-electron chi connectivity index (χ2n) is 10.4. The molecular formula is C34H36ClN3O5S. The first-order valence-electron chi connectivity index (χ1n) is 14.1. The van der Waals surface area contributed by atoms with Gasteiger partial charge in [-0.2, -0.15) is 4.31 Å². The van der Waals surface area contributed by atoms with E-state index in [2.05, 4.69) is 5.32 Å². The highest BCUT2D eigenvalue weighted by Crippen LogP contribution is 2.19. The topological polar surface area (TPSA) is 96.0 Å². The van der Waals surface area contributed by atoms with Gasteiger partial charge in [0, 0.05) is 31.1 Å². The number of sulfonamides is 1. The van der Waals surface area contributed by atoms with Crippen molar-refractivity contribution in [3.63, 3.8) is 0 Å². The van der Waals surface area contributed by atoms with Gasteiger partial charge in [0.25, 0.3) is 0 Å². The van der Waals surface area contributed by atoms with Crippen LogP contribution in [0.5, 0.6) is 5.75 Å². The van der Waals surface area contributed by atoms with Crippen LogP contribution in [0.2, 0.25) is 5.02 Å². The lowest BCUT2D eigenvalue weighted by atomic mass is 10.0. The van der Waals surface area contributed by atoms with Crippen molar-refractivity contribution in [2.24, 2.45) is 0 Å². The normalized spacial score (nSPS) is 12.0. The zero-order valence-electron chi connectivity index (χ0n) is 24.7. The lowest BCUT2D eigenvalue weighted by Gasteiger charge is -2.33. The van der Waals surface area contributed by atoms with Gasteiger partial charge in [-0.25, -0.2) is 8.42 Å². The minimum Gasteiger partial charge on any atom is -0.497 e. The van der Waals surface area contributed by atoms with E-state index in [-0.39, 0.29) is 32.0 Å². The summed E-state index contributed by atoms with van der Waals surface area (Å²) < 4.78 is 32.1. The smallest absolute Gasteiger partial charge is 0.243 e. The van der Waals surface area contributed by atoms with Crippen LogP contribution in [0.25, 0.3) is 0 Å². The zero-order valence-corrected chi connectivity index (χ0v) is 26.3. The van der Waals surface area contributed by atoms with Crippen LogP contribution in [0, 0.1) is 0 Å². The number of methoxy groups -OCH3 is 1. The lowest BCUT2D eigenvalue weighted by molar-refractivity contribution is -0.141. The maximum Gasteiger partial charge on any atom is 0.243 e. The Labute approximate surface area is 264 Å². The molecule has 44 heavy (non-hydrogen) atoms. The van der Waals surface area contributed by atoms with Gasteiger partial charge in [0.1, 0.15) is 11.8 Å². The van der Waals surface area contributed by atoms with Crippen molar-refractivity contribution in [2.45, 2.75) is 32.1 Å². The van der Waals surface area contributed by atoms with E-state index in [1.54, 1.807) is 43.5 Å². The molecule has 1 unspecified atom stereocenters. The van der Waals surface area contributed by atoms with E-state index >= 15 is 0 Å². The van der Waals surface area contributed by atoms with Gasteiger partial charge in [0.05, 0.1) is 19.9 Å². The molecule has 8 nitrogen and oxygen atoms in total. The number of ether oxygens (including phenoxy) is 1. The van der Waals surface area contributed by atoms with E-state index in [4.69, 9.17) is 16.3 Å². The quantitative estimate of drug-likeness (QED) is 0.209. The maximum absolute atomic E-state index is 14.2. The van der Waals surface area contributed by atoms with Gasteiger partial charge in [0.2, 0.25) is 21.8 Å². The number of carbonyl (C=O) groups is 2. The Balaban J connectivity index is 1.68. The van der Waals surface area contributed by atoms with Crippen molar-refractivity contribution in [2.75, 3.05) is 19.9 Å².